The van der Waals surface area contributed by atoms with Gasteiger partial charge in [-0.2, -0.15) is 0 Å². The maximum Gasteiger partial charge on any atom is 0.254 e. The number of piperidine rings is 1. The molecule has 1 atom stereocenters. The number of amides is 1. The number of aryl methyl sites for hydroxylation is 1. The maximum absolute atomic E-state index is 12.7. The first-order valence-corrected chi connectivity index (χ1v) is 7.68. The third-order valence-corrected chi connectivity index (χ3v) is 4.24. The Labute approximate surface area is 121 Å². The molecule has 1 aromatic rings. The predicted octanol–water partition coefficient (Wildman–Crippen LogP) is 4.08. The lowest BCUT2D eigenvalue weighted by atomic mass is 9.96. The molecule has 0 saturated carbocycles. The van der Waals surface area contributed by atoms with Crippen LogP contribution in [-0.2, 0) is 0 Å². The van der Waals surface area contributed by atoms with Crippen LogP contribution in [0.3, 0.4) is 0 Å². The fraction of sp³-hybridized carbons (Fsp3) is 0.562. The zero-order chi connectivity index (χ0) is 13.8. The molecule has 0 N–H and O–H groups in total. The quantitative estimate of drug-likeness (QED) is 0.826. The second kappa shape index (κ2) is 6.47. The predicted molar refractivity (Wildman–Crippen MR) is 82.0 cm³/mol. The third-order valence-electron chi connectivity index (χ3n) is 3.96. The minimum Gasteiger partial charge on any atom is -0.336 e. The summed E-state index contributed by atoms with van der Waals surface area (Å²) in [6.07, 6.45) is 5.79. The molecule has 1 aromatic carbocycles. The number of nitrogens with zero attached hydrogens (tertiary/aromatic N) is 1. The summed E-state index contributed by atoms with van der Waals surface area (Å²) in [5.41, 5.74) is 1.86. The summed E-state index contributed by atoms with van der Waals surface area (Å²) in [6, 6.07) is 6.25. The van der Waals surface area contributed by atoms with Crippen LogP contribution in [0.4, 0.5) is 0 Å². The van der Waals surface area contributed by atoms with Gasteiger partial charge in [-0.15, -0.1) is 12.6 Å². The Morgan fingerprint density at radius 3 is 2.95 bits per heavy atom. The van der Waals surface area contributed by atoms with E-state index in [1.54, 1.807) is 0 Å². The van der Waals surface area contributed by atoms with Gasteiger partial charge in [0.2, 0.25) is 0 Å². The Kier molecular flexibility index (Phi) is 4.92. The Balaban J connectivity index is 2.23. The van der Waals surface area contributed by atoms with E-state index in [-0.39, 0.29) is 5.91 Å². The summed E-state index contributed by atoms with van der Waals surface area (Å²) in [6.45, 7) is 5.09. The van der Waals surface area contributed by atoms with E-state index in [0.29, 0.717) is 6.04 Å². The van der Waals surface area contributed by atoms with Gasteiger partial charge in [0.25, 0.3) is 5.91 Å². The van der Waals surface area contributed by atoms with Gasteiger partial charge in [0.05, 0.1) is 0 Å². The van der Waals surface area contributed by atoms with Crippen LogP contribution in [0, 0.1) is 6.92 Å². The summed E-state index contributed by atoms with van der Waals surface area (Å²) in [4.78, 5) is 15.7. The molecule has 2 nitrogen and oxygen atoms in total. The summed E-state index contributed by atoms with van der Waals surface area (Å²) >= 11 is 4.35. The number of carbonyl (C=O) groups is 1. The number of hydrogen-bond donors (Lipinski definition) is 1. The fourth-order valence-electron chi connectivity index (χ4n) is 2.90. The number of benzene rings is 1. The molecule has 0 aromatic heterocycles. The number of likely N-dealkylation sites (tertiary alicyclic amines) is 1. The Morgan fingerprint density at radius 2 is 2.21 bits per heavy atom. The van der Waals surface area contributed by atoms with Crippen LogP contribution in [-0.4, -0.2) is 23.4 Å². The molecule has 0 bridgehead atoms. The Bertz CT molecular complexity index is 456. The van der Waals surface area contributed by atoms with E-state index in [9.17, 15) is 4.79 Å². The van der Waals surface area contributed by atoms with Crippen molar-refractivity contribution in [2.75, 3.05) is 6.54 Å². The standard InChI is InChI=1S/C16H23NOS/c1-3-6-13-7-4-5-10-17(13)16(18)15-11-14(19)9-8-12(15)2/h8-9,11,13,19H,3-7,10H2,1-2H3. The zero-order valence-corrected chi connectivity index (χ0v) is 12.7. The number of rotatable bonds is 3. The van der Waals surface area contributed by atoms with Crippen molar-refractivity contribution in [2.24, 2.45) is 0 Å². The highest BCUT2D eigenvalue weighted by Gasteiger charge is 2.27. The van der Waals surface area contributed by atoms with Crippen LogP contribution >= 0.6 is 12.6 Å². The minimum atomic E-state index is 0.187. The summed E-state index contributed by atoms with van der Waals surface area (Å²) in [7, 11) is 0. The Morgan fingerprint density at radius 1 is 1.42 bits per heavy atom. The molecule has 1 heterocycles. The van der Waals surface area contributed by atoms with Crippen molar-refractivity contribution >= 4 is 18.5 Å². The molecule has 0 aliphatic carbocycles. The monoisotopic (exact) mass is 277 g/mol. The van der Waals surface area contributed by atoms with Crippen molar-refractivity contribution in [2.45, 2.75) is 56.9 Å². The van der Waals surface area contributed by atoms with Gasteiger partial charge in [-0.25, -0.2) is 0 Å². The van der Waals surface area contributed by atoms with Crippen LogP contribution in [0.15, 0.2) is 23.1 Å². The van der Waals surface area contributed by atoms with E-state index in [1.165, 1.54) is 6.42 Å². The molecule has 1 amide bonds. The lowest BCUT2D eigenvalue weighted by Crippen LogP contribution is -2.43. The molecular weight excluding hydrogens is 254 g/mol. The molecule has 1 aliphatic rings. The zero-order valence-electron chi connectivity index (χ0n) is 11.9. The first kappa shape index (κ1) is 14.4. The van der Waals surface area contributed by atoms with E-state index in [1.807, 2.05) is 25.1 Å². The highest BCUT2D eigenvalue weighted by atomic mass is 32.1. The summed E-state index contributed by atoms with van der Waals surface area (Å²) in [5, 5.41) is 0. The second-order valence-corrected chi connectivity index (χ2v) is 5.95. The van der Waals surface area contributed by atoms with Crippen molar-refractivity contribution in [3.63, 3.8) is 0 Å². The van der Waals surface area contributed by atoms with Crippen molar-refractivity contribution in [3.8, 4) is 0 Å². The van der Waals surface area contributed by atoms with Gasteiger partial charge in [-0.05, 0) is 50.3 Å². The molecule has 0 radical (unpaired) electrons. The fourth-order valence-corrected chi connectivity index (χ4v) is 3.10. The van der Waals surface area contributed by atoms with Crippen molar-refractivity contribution in [3.05, 3.63) is 29.3 Å². The molecule has 1 saturated heterocycles. The first-order chi connectivity index (χ1) is 9.13. The van der Waals surface area contributed by atoms with Gasteiger partial charge in [0.1, 0.15) is 0 Å². The van der Waals surface area contributed by atoms with E-state index in [2.05, 4.69) is 24.5 Å². The second-order valence-electron chi connectivity index (χ2n) is 5.44. The lowest BCUT2D eigenvalue weighted by Gasteiger charge is -2.36. The molecule has 19 heavy (non-hydrogen) atoms. The van der Waals surface area contributed by atoms with Gasteiger partial charge in [-0.3, -0.25) is 4.79 Å². The van der Waals surface area contributed by atoms with Gasteiger partial charge in [0, 0.05) is 23.0 Å². The molecular formula is C16H23NOS. The SMILES string of the molecule is CCCC1CCCCN1C(=O)c1cc(S)ccc1C. The largest absolute Gasteiger partial charge is 0.336 e. The van der Waals surface area contributed by atoms with Crippen molar-refractivity contribution < 1.29 is 4.79 Å². The molecule has 1 unspecified atom stereocenters. The molecule has 1 aliphatic heterocycles. The van der Waals surface area contributed by atoms with Crippen molar-refractivity contribution in [1.29, 1.82) is 0 Å². The average Bonchev–Trinajstić information content (AvgIpc) is 2.42. The average molecular weight is 277 g/mol. The van der Waals surface area contributed by atoms with Gasteiger partial charge >= 0.3 is 0 Å². The van der Waals surface area contributed by atoms with Crippen molar-refractivity contribution in [1.82, 2.24) is 4.90 Å². The van der Waals surface area contributed by atoms with Crippen LogP contribution < -0.4 is 0 Å². The van der Waals surface area contributed by atoms with Crippen LogP contribution in [0.5, 0.6) is 0 Å². The van der Waals surface area contributed by atoms with E-state index < -0.39 is 0 Å². The summed E-state index contributed by atoms with van der Waals surface area (Å²) in [5.74, 6) is 0.187. The smallest absolute Gasteiger partial charge is 0.254 e. The molecule has 3 heteroatoms. The van der Waals surface area contributed by atoms with Crippen LogP contribution in [0.2, 0.25) is 0 Å². The molecule has 2 rings (SSSR count). The van der Waals surface area contributed by atoms with E-state index >= 15 is 0 Å². The third kappa shape index (κ3) is 3.33. The molecule has 1 fully saturated rings. The first-order valence-electron chi connectivity index (χ1n) is 7.24. The van der Waals surface area contributed by atoms with Gasteiger partial charge in [0.15, 0.2) is 0 Å². The highest BCUT2D eigenvalue weighted by molar-refractivity contribution is 7.80. The maximum atomic E-state index is 12.7. The molecule has 0 spiro atoms. The normalized spacial score (nSPS) is 19.5. The van der Waals surface area contributed by atoms with Crippen LogP contribution in [0.1, 0.15) is 54.9 Å². The highest BCUT2D eigenvalue weighted by Crippen LogP contribution is 2.24. The lowest BCUT2D eigenvalue weighted by molar-refractivity contribution is 0.0599. The Hall–Kier alpha value is -0.960. The minimum absolute atomic E-state index is 0.187. The van der Waals surface area contributed by atoms with Gasteiger partial charge < -0.3 is 4.90 Å². The van der Waals surface area contributed by atoms with E-state index in [0.717, 1.165) is 48.3 Å². The summed E-state index contributed by atoms with van der Waals surface area (Å²) < 4.78 is 0. The number of thiol groups is 1. The number of carbonyl (C=O) groups excluding carboxylic acids is 1. The topological polar surface area (TPSA) is 20.3 Å². The van der Waals surface area contributed by atoms with E-state index in [4.69, 9.17) is 0 Å². The number of hydrogen-bond acceptors (Lipinski definition) is 2. The van der Waals surface area contributed by atoms with Crippen LogP contribution in [0.25, 0.3) is 0 Å². The van der Waals surface area contributed by atoms with Gasteiger partial charge in [-0.1, -0.05) is 19.4 Å². The molecule has 104 valence electrons.